The van der Waals surface area contributed by atoms with Crippen LogP contribution in [0, 0.1) is 0 Å². The van der Waals surface area contributed by atoms with Gasteiger partial charge in [-0.2, -0.15) is 4.98 Å². The van der Waals surface area contributed by atoms with Gasteiger partial charge in [-0.25, -0.2) is 4.79 Å². The molecule has 0 spiro atoms. The Labute approximate surface area is 108 Å². The Kier molecular flexibility index (Phi) is 4.97. The minimum absolute atomic E-state index is 0. The summed E-state index contributed by atoms with van der Waals surface area (Å²) in [6.07, 6.45) is -2.52. The van der Waals surface area contributed by atoms with E-state index in [1.54, 1.807) is 0 Å². The molecule has 19 heavy (non-hydrogen) atoms. The SMILES string of the molecule is Nc1ccn(C[C@@H]2O[C@H](CO)[C@@H](O)[C@H]2O)c(=O)n1.O. The molecule has 4 atom stereocenters. The summed E-state index contributed by atoms with van der Waals surface area (Å²) in [5.41, 5.74) is 4.79. The Hall–Kier alpha value is -1.52. The van der Waals surface area contributed by atoms with Gasteiger partial charge in [0, 0.05) is 6.20 Å². The molecule has 9 nitrogen and oxygen atoms in total. The molecule has 0 radical (unpaired) electrons. The van der Waals surface area contributed by atoms with Crippen molar-refractivity contribution in [3.63, 3.8) is 0 Å². The highest BCUT2D eigenvalue weighted by Gasteiger charge is 2.42. The first kappa shape index (κ1) is 15.5. The summed E-state index contributed by atoms with van der Waals surface area (Å²) in [7, 11) is 0. The quantitative estimate of drug-likeness (QED) is 0.444. The smallest absolute Gasteiger partial charge is 0.349 e. The second-order valence-electron chi connectivity index (χ2n) is 4.16. The van der Waals surface area contributed by atoms with Gasteiger partial charge in [-0.3, -0.25) is 4.57 Å². The van der Waals surface area contributed by atoms with Gasteiger partial charge >= 0.3 is 5.69 Å². The molecule has 0 bridgehead atoms. The highest BCUT2D eigenvalue weighted by atomic mass is 16.6. The maximum atomic E-state index is 11.5. The number of nitrogens with two attached hydrogens (primary N) is 1. The van der Waals surface area contributed by atoms with Crippen LogP contribution in [0.15, 0.2) is 17.1 Å². The third kappa shape index (κ3) is 3.08. The number of rotatable bonds is 3. The lowest BCUT2D eigenvalue weighted by Crippen LogP contribution is -2.37. The maximum absolute atomic E-state index is 11.5. The van der Waals surface area contributed by atoms with Crippen LogP contribution in [0.4, 0.5) is 5.82 Å². The predicted octanol–water partition coefficient (Wildman–Crippen LogP) is -3.52. The molecule has 0 unspecified atom stereocenters. The first-order chi connectivity index (χ1) is 8.52. The molecule has 2 rings (SSSR count). The number of aromatic nitrogens is 2. The summed E-state index contributed by atoms with van der Waals surface area (Å²) in [4.78, 5) is 15.0. The Balaban J connectivity index is 0.00000180. The van der Waals surface area contributed by atoms with Crippen LogP contribution in [-0.4, -0.2) is 61.4 Å². The lowest BCUT2D eigenvalue weighted by atomic mass is 10.1. The second-order valence-corrected chi connectivity index (χ2v) is 4.16. The molecule has 2 heterocycles. The lowest BCUT2D eigenvalue weighted by Gasteiger charge is -2.15. The van der Waals surface area contributed by atoms with Gasteiger partial charge in [0.05, 0.1) is 13.2 Å². The lowest BCUT2D eigenvalue weighted by molar-refractivity contribution is -0.0269. The Morgan fingerprint density at radius 3 is 2.53 bits per heavy atom. The van der Waals surface area contributed by atoms with Crippen LogP contribution in [0.25, 0.3) is 0 Å². The molecule has 7 N–H and O–H groups in total. The van der Waals surface area contributed by atoms with E-state index in [4.69, 9.17) is 15.6 Å². The Morgan fingerprint density at radius 1 is 1.37 bits per heavy atom. The van der Waals surface area contributed by atoms with E-state index < -0.39 is 36.7 Å². The summed E-state index contributed by atoms with van der Waals surface area (Å²) in [5.74, 6) is 0.109. The number of hydrogen-bond donors (Lipinski definition) is 4. The molecule has 0 saturated carbocycles. The molecule has 1 aromatic heterocycles. The van der Waals surface area contributed by atoms with Crippen molar-refractivity contribution >= 4 is 5.82 Å². The summed E-state index contributed by atoms with van der Waals surface area (Å²) in [5, 5.41) is 28.2. The van der Waals surface area contributed by atoms with Crippen LogP contribution < -0.4 is 11.4 Å². The third-order valence-electron chi connectivity index (χ3n) is 2.91. The van der Waals surface area contributed by atoms with Crippen molar-refractivity contribution in [3.8, 4) is 0 Å². The zero-order valence-corrected chi connectivity index (χ0v) is 10.0. The zero-order valence-electron chi connectivity index (χ0n) is 10.0. The fraction of sp³-hybridized carbons (Fsp3) is 0.600. The average Bonchev–Trinajstić information content (AvgIpc) is 2.60. The van der Waals surface area contributed by atoms with Gasteiger partial charge in [0.25, 0.3) is 0 Å². The predicted molar refractivity (Wildman–Crippen MR) is 64.3 cm³/mol. The van der Waals surface area contributed by atoms with Gasteiger partial charge in [-0.1, -0.05) is 0 Å². The fourth-order valence-corrected chi connectivity index (χ4v) is 1.90. The van der Waals surface area contributed by atoms with Gasteiger partial charge in [0.15, 0.2) is 0 Å². The molecular weight excluding hydrogens is 258 g/mol. The first-order valence-electron chi connectivity index (χ1n) is 5.48. The molecule has 9 heteroatoms. The van der Waals surface area contributed by atoms with E-state index >= 15 is 0 Å². The third-order valence-corrected chi connectivity index (χ3v) is 2.91. The highest BCUT2D eigenvalue weighted by Crippen LogP contribution is 2.21. The van der Waals surface area contributed by atoms with Crippen molar-refractivity contribution < 1.29 is 25.5 Å². The van der Waals surface area contributed by atoms with E-state index in [0.29, 0.717) is 0 Å². The minimum atomic E-state index is -1.17. The van der Waals surface area contributed by atoms with E-state index in [9.17, 15) is 15.0 Å². The minimum Gasteiger partial charge on any atom is -0.412 e. The Morgan fingerprint density at radius 2 is 2.00 bits per heavy atom. The Bertz CT molecular complexity index is 479. The summed E-state index contributed by atoms with van der Waals surface area (Å²) < 4.78 is 6.47. The van der Waals surface area contributed by atoms with Gasteiger partial charge in [-0.15, -0.1) is 0 Å². The van der Waals surface area contributed by atoms with Crippen molar-refractivity contribution in [2.75, 3.05) is 12.3 Å². The molecule has 0 aliphatic carbocycles. The van der Waals surface area contributed by atoms with Crippen LogP contribution in [0.1, 0.15) is 0 Å². The number of nitrogen functional groups attached to an aromatic ring is 1. The molecule has 108 valence electrons. The zero-order chi connectivity index (χ0) is 13.3. The van der Waals surface area contributed by atoms with Gasteiger partial charge in [-0.05, 0) is 6.07 Å². The largest absolute Gasteiger partial charge is 0.412 e. The summed E-state index contributed by atoms with van der Waals surface area (Å²) in [6.45, 7) is -0.371. The molecule has 1 aliphatic rings. The van der Waals surface area contributed by atoms with Crippen LogP contribution in [0.2, 0.25) is 0 Å². The molecule has 0 amide bonds. The van der Waals surface area contributed by atoms with Crippen LogP contribution in [0.5, 0.6) is 0 Å². The molecule has 1 aromatic rings. The molecule has 1 saturated heterocycles. The van der Waals surface area contributed by atoms with Crippen molar-refractivity contribution in [1.29, 1.82) is 0 Å². The molecule has 1 fully saturated rings. The van der Waals surface area contributed by atoms with E-state index in [-0.39, 0.29) is 17.8 Å². The van der Waals surface area contributed by atoms with E-state index in [0.717, 1.165) is 0 Å². The number of aliphatic hydroxyl groups is 3. The molecule has 0 aromatic carbocycles. The molecular formula is C10H17N3O6. The topological polar surface area (TPSA) is 162 Å². The maximum Gasteiger partial charge on any atom is 0.349 e. The number of anilines is 1. The van der Waals surface area contributed by atoms with Gasteiger partial charge in [0.2, 0.25) is 0 Å². The number of ether oxygens (including phenoxy) is 1. The first-order valence-corrected chi connectivity index (χ1v) is 5.48. The van der Waals surface area contributed by atoms with Gasteiger partial charge in [0.1, 0.15) is 30.2 Å². The van der Waals surface area contributed by atoms with Crippen LogP contribution >= 0.6 is 0 Å². The van der Waals surface area contributed by atoms with Crippen LogP contribution in [0.3, 0.4) is 0 Å². The van der Waals surface area contributed by atoms with Crippen LogP contribution in [-0.2, 0) is 11.3 Å². The van der Waals surface area contributed by atoms with E-state index in [1.807, 2.05) is 0 Å². The van der Waals surface area contributed by atoms with Crippen molar-refractivity contribution in [1.82, 2.24) is 9.55 Å². The fourth-order valence-electron chi connectivity index (χ4n) is 1.90. The number of hydrogen-bond acceptors (Lipinski definition) is 7. The summed E-state index contributed by atoms with van der Waals surface area (Å²) >= 11 is 0. The van der Waals surface area contributed by atoms with E-state index in [2.05, 4.69) is 4.98 Å². The summed E-state index contributed by atoms with van der Waals surface area (Å²) in [6, 6.07) is 1.45. The van der Waals surface area contributed by atoms with Crippen molar-refractivity contribution in [3.05, 3.63) is 22.7 Å². The number of aliphatic hydroxyl groups excluding tert-OH is 3. The average molecular weight is 275 g/mol. The normalized spacial score (nSPS) is 30.1. The monoisotopic (exact) mass is 275 g/mol. The van der Waals surface area contributed by atoms with Gasteiger partial charge < -0.3 is 31.3 Å². The van der Waals surface area contributed by atoms with E-state index in [1.165, 1.54) is 16.8 Å². The second kappa shape index (κ2) is 6.08. The van der Waals surface area contributed by atoms with Crippen molar-refractivity contribution in [2.45, 2.75) is 31.0 Å². The van der Waals surface area contributed by atoms with Crippen molar-refractivity contribution in [2.24, 2.45) is 0 Å². The highest BCUT2D eigenvalue weighted by molar-refractivity contribution is 5.23. The molecule has 1 aliphatic heterocycles. The standard InChI is InChI=1S/C10H15N3O5.H2O/c11-7-1-2-13(10(17)12-7)3-5-8(15)9(16)6(4-14)18-5;/h1-2,5-6,8-9,14-16H,3-4H2,(H2,11,12,17);1H2/t5-,6+,8-,9+;/m0./s1. The number of nitrogens with zero attached hydrogens (tertiary/aromatic N) is 2.